The van der Waals surface area contributed by atoms with Crippen molar-refractivity contribution >= 4 is 27.7 Å². The molecular weight excluding hydrogens is 392 g/mol. The van der Waals surface area contributed by atoms with Crippen molar-refractivity contribution in [2.75, 3.05) is 19.7 Å². The number of nitrogens with two attached hydrogens (primary N) is 1. The van der Waals surface area contributed by atoms with Gasteiger partial charge < -0.3 is 24.5 Å². The Hall–Kier alpha value is -2.32. The zero-order valence-corrected chi connectivity index (χ0v) is 14.9. The number of hydrogen-bond acceptors (Lipinski definition) is 5. The molecule has 25 heavy (non-hydrogen) atoms. The fourth-order valence-electron chi connectivity index (χ4n) is 2.42. The number of amides is 2. The van der Waals surface area contributed by atoms with Crippen molar-refractivity contribution in [2.24, 2.45) is 5.73 Å². The van der Waals surface area contributed by atoms with E-state index in [9.17, 15) is 9.59 Å². The van der Waals surface area contributed by atoms with E-state index in [0.29, 0.717) is 18.1 Å². The molecule has 2 heterocycles. The first kappa shape index (κ1) is 17.5. The highest BCUT2D eigenvalue weighted by atomic mass is 79.9. The van der Waals surface area contributed by atoms with Crippen molar-refractivity contribution in [3.63, 3.8) is 0 Å². The van der Waals surface area contributed by atoms with E-state index in [-0.39, 0.29) is 31.4 Å². The highest BCUT2D eigenvalue weighted by Gasteiger charge is 2.29. The first-order valence-electron chi connectivity index (χ1n) is 7.70. The first-order chi connectivity index (χ1) is 12.0. The summed E-state index contributed by atoms with van der Waals surface area (Å²) in [7, 11) is 0. The zero-order chi connectivity index (χ0) is 17.8. The molecule has 1 saturated heterocycles. The molecule has 8 heteroatoms. The van der Waals surface area contributed by atoms with Gasteiger partial charge in [0, 0.05) is 11.0 Å². The lowest BCUT2D eigenvalue weighted by molar-refractivity contribution is -0.133. The molecule has 0 spiro atoms. The summed E-state index contributed by atoms with van der Waals surface area (Å²) in [6, 6.07) is 10.7. The highest BCUT2D eigenvalue weighted by molar-refractivity contribution is 9.10. The zero-order valence-electron chi connectivity index (χ0n) is 13.3. The van der Waals surface area contributed by atoms with E-state index in [2.05, 4.69) is 15.9 Å². The van der Waals surface area contributed by atoms with Crippen molar-refractivity contribution in [1.29, 1.82) is 0 Å². The van der Waals surface area contributed by atoms with Crippen molar-refractivity contribution < 1.29 is 23.5 Å². The molecule has 2 N–H and O–H groups in total. The quantitative estimate of drug-likeness (QED) is 0.815. The van der Waals surface area contributed by atoms with Gasteiger partial charge in [0.2, 0.25) is 5.91 Å². The summed E-state index contributed by atoms with van der Waals surface area (Å²) < 4.78 is 17.4. The van der Waals surface area contributed by atoms with Crippen LogP contribution in [0.25, 0.3) is 0 Å². The molecular formula is C17H17BrN2O5. The maximum absolute atomic E-state index is 12.5. The molecule has 0 bridgehead atoms. The standard InChI is InChI=1S/C17H17BrN2O5/c18-11-1-3-12(4-2-11)24-10-13-5-6-14(25-13)17(22)20-7-8-23-15(9-20)16(19)21/h1-6,15H,7-10H2,(H2,19,21). The number of ether oxygens (including phenoxy) is 2. The van der Waals surface area contributed by atoms with Crippen molar-refractivity contribution in [2.45, 2.75) is 12.7 Å². The number of halogens is 1. The molecule has 7 nitrogen and oxygen atoms in total. The van der Waals surface area contributed by atoms with Crippen LogP contribution in [0.3, 0.4) is 0 Å². The Bertz CT molecular complexity index is 759. The number of furan rings is 1. The van der Waals surface area contributed by atoms with Crippen LogP contribution in [0, 0.1) is 0 Å². The number of carbonyl (C=O) groups excluding carboxylic acids is 2. The molecule has 1 aromatic heterocycles. The Morgan fingerprint density at radius 1 is 1.24 bits per heavy atom. The Morgan fingerprint density at radius 3 is 2.72 bits per heavy atom. The lowest BCUT2D eigenvalue weighted by atomic mass is 10.2. The lowest BCUT2D eigenvalue weighted by Crippen LogP contribution is -2.50. The minimum Gasteiger partial charge on any atom is -0.486 e. The SMILES string of the molecule is NC(=O)C1CN(C(=O)c2ccc(COc3ccc(Br)cc3)o2)CCO1. The van der Waals surface area contributed by atoms with Crippen molar-refractivity contribution in [3.8, 4) is 5.75 Å². The van der Waals surface area contributed by atoms with Gasteiger partial charge in [0.15, 0.2) is 11.9 Å². The summed E-state index contributed by atoms with van der Waals surface area (Å²) in [5.41, 5.74) is 5.23. The predicted octanol–water partition coefficient (Wildman–Crippen LogP) is 1.95. The number of rotatable bonds is 5. The van der Waals surface area contributed by atoms with Gasteiger partial charge in [-0.05, 0) is 36.4 Å². The number of nitrogens with zero attached hydrogens (tertiary/aromatic N) is 1. The molecule has 1 aromatic carbocycles. The van der Waals surface area contributed by atoms with Gasteiger partial charge in [-0.25, -0.2) is 0 Å². The number of benzene rings is 1. The van der Waals surface area contributed by atoms with Crippen molar-refractivity contribution in [1.82, 2.24) is 4.90 Å². The molecule has 1 aliphatic heterocycles. The number of morpholine rings is 1. The maximum atomic E-state index is 12.5. The monoisotopic (exact) mass is 408 g/mol. The Labute approximate surface area is 152 Å². The van der Waals surface area contributed by atoms with E-state index in [1.807, 2.05) is 24.3 Å². The summed E-state index contributed by atoms with van der Waals surface area (Å²) >= 11 is 3.36. The van der Waals surface area contributed by atoms with E-state index < -0.39 is 12.0 Å². The van der Waals surface area contributed by atoms with Crippen molar-refractivity contribution in [3.05, 3.63) is 52.4 Å². The van der Waals surface area contributed by atoms with E-state index in [0.717, 1.165) is 4.47 Å². The molecule has 1 fully saturated rings. The largest absolute Gasteiger partial charge is 0.486 e. The Balaban J connectivity index is 1.59. The van der Waals surface area contributed by atoms with Gasteiger partial charge in [0.1, 0.15) is 18.1 Å². The van der Waals surface area contributed by atoms with Crippen LogP contribution in [-0.2, 0) is 16.1 Å². The molecule has 0 radical (unpaired) electrons. The van der Waals surface area contributed by atoms with Gasteiger partial charge in [-0.15, -0.1) is 0 Å². The molecule has 0 saturated carbocycles. The number of hydrogen-bond donors (Lipinski definition) is 1. The normalized spacial score (nSPS) is 17.3. The van der Waals surface area contributed by atoms with Gasteiger partial charge in [-0.3, -0.25) is 9.59 Å². The molecule has 2 aromatic rings. The number of primary amides is 1. The van der Waals surface area contributed by atoms with Gasteiger partial charge in [-0.2, -0.15) is 0 Å². The average molecular weight is 409 g/mol. The average Bonchev–Trinajstić information content (AvgIpc) is 3.09. The van der Waals surface area contributed by atoms with E-state index in [1.54, 1.807) is 12.1 Å². The summed E-state index contributed by atoms with van der Waals surface area (Å²) in [6.45, 7) is 0.981. The Morgan fingerprint density at radius 2 is 2.00 bits per heavy atom. The fraction of sp³-hybridized carbons (Fsp3) is 0.294. The second-order valence-corrected chi connectivity index (χ2v) is 6.44. The van der Waals surface area contributed by atoms with E-state index in [4.69, 9.17) is 19.6 Å². The van der Waals surface area contributed by atoms with E-state index >= 15 is 0 Å². The van der Waals surface area contributed by atoms with Crippen LogP contribution in [0.2, 0.25) is 0 Å². The predicted molar refractivity (Wildman–Crippen MR) is 92.0 cm³/mol. The molecule has 1 atom stereocenters. The molecule has 2 amide bonds. The minimum atomic E-state index is -0.784. The fourth-order valence-corrected chi connectivity index (χ4v) is 2.68. The highest BCUT2D eigenvalue weighted by Crippen LogP contribution is 2.19. The van der Waals surface area contributed by atoms with E-state index in [1.165, 1.54) is 4.90 Å². The second-order valence-electron chi connectivity index (χ2n) is 5.52. The topological polar surface area (TPSA) is 95.0 Å². The van der Waals surface area contributed by atoms with Crippen LogP contribution in [0.1, 0.15) is 16.3 Å². The second kappa shape index (κ2) is 7.71. The van der Waals surface area contributed by atoms with Gasteiger partial charge in [0.05, 0.1) is 13.2 Å². The Kier molecular flexibility index (Phi) is 5.40. The summed E-state index contributed by atoms with van der Waals surface area (Å²) in [5, 5.41) is 0. The first-order valence-corrected chi connectivity index (χ1v) is 8.49. The van der Waals surface area contributed by atoms with Crippen LogP contribution in [0.15, 0.2) is 45.3 Å². The molecule has 3 rings (SSSR count). The smallest absolute Gasteiger partial charge is 0.289 e. The summed E-state index contributed by atoms with van der Waals surface area (Å²) in [4.78, 5) is 25.2. The van der Waals surface area contributed by atoms with Crippen LogP contribution in [-0.4, -0.2) is 42.5 Å². The summed E-state index contributed by atoms with van der Waals surface area (Å²) in [5.74, 6) is 0.542. The van der Waals surface area contributed by atoms with Crippen LogP contribution in [0.5, 0.6) is 5.75 Å². The molecule has 0 aliphatic carbocycles. The third-order valence-electron chi connectivity index (χ3n) is 3.74. The molecule has 132 valence electrons. The summed E-state index contributed by atoms with van der Waals surface area (Å²) in [6.07, 6.45) is -0.784. The van der Waals surface area contributed by atoms with Crippen LogP contribution >= 0.6 is 15.9 Å². The van der Waals surface area contributed by atoms with Gasteiger partial charge in [0.25, 0.3) is 5.91 Å². The number of carbonyl (C=O) groups is 2. The third-order valence-corrected chi connectivity index (χ3v) is 4.27. The van der Waals surface area contributed by atoms with Gasteiger partial charge >= 0.3 is 0 Å². The third kappa shape index (κ3) is 4.40. The van der Waals surface area contributed by atoms with Crippen LogP contribution in [0.4, 0.5) is 0 Å². The molecule has 1 unspecified atom stereocenters. The maximum Gasteiger partial charge on any atom is 0.289 e. The minimum absolute atomic E-state index is 0.125. The van der Waals surface area contributed by atoms with Crippen LogP contribution < -0.4 is 10.5 Å². The van der Waals surface area contributed by atoms with Gasteiger partial charge in [-0.1, -0.05) is 15.9 Å². The molecule has 1 aliphatic rings. The lowest BCUT2D eigenvalue weighted by Gasteiger charge is -2.30.